The van der Waals surface area contributed by atoms with E-state index in [1.807, 2.05) is 36.4 Å². The zero-order chi connectivity index (χ0) is 22.5. The number of H-pyrrole nitrogens is 1. The maximum absolute atomic E-state index is 11.9. The number of fused-ring (bicyclic) bond motifs is 1. The zero-order valence-electron chi connectivity index (χ0n) is 16.8. The van der Waals surface area contributed by atoms with E-state index in [9.17, 15) is 15.0 Å². The summed E-state index contributed by atoms with van der Waals surface area (Å²) in [6, 6.07) is 25.6. The van der Waals surface area contributed by atoms with E-state index in [0.29, 0.717) is 16.6 Å². The van der Waals surface area contributed by atoms with Crippen molar-refractivity contribution in [3.63, 3.8) is 0 Å². The fourth-order valence-corrected chi connectivity index (χ4v) is 3.25. The van der Waals surface area contributed by atoms with Crippen molar-refractivity contribution in [1.82, 2.24) is 15.4 Å². The third-order valence-corrected chi connectivity index (χ3v) is 4.79. The van der Waals surface area contributed by atoms with Crippen molar-refractivity contribution in [3.05, 3.63) is 102 Å². The number of phenols is 3. The number of phenolic OH excluding ortho intramolecular Hbond substituents is 3. The number of hydrogen-bond acceptors (Lipinski definition) is 6. The second-order valence-electron chi connectivity index (χ2n) is 6.91. The molecule has 4 N–H and O–H groups in total. The van der Waals surface area contributed by atoms with Crippen molar-refractivity contribution < 1.29 is 20.1 Å². The van der Waals surface area contributed by atoms with E-state index in [1.165, 1.54) is 12.1 Å². The van der Waals surface area contributed by atoms with E-state index in [4.69, 9.17) is 5.11 Å². The lowest BCUT2D eigenvalue weighted by Crippen LogP contribution is -2.00. The Morgan fingerprint density at radius 3 is 2.09 bits per heavy atom. The Labute approximate surface area is 183 Å². The van der Waals surface area contributed by atoms with Crippen molar-refractivity contribution >= 4 is 16.8 Å². The number of ketones is 1. The molecule has 0 aliphatic rings. The standard InChI is InChI=1S/C13H10O3.C12H9N3O/c14-10-6-7-11(12(15)8-10)13(16)9-4-2-1-3-5-9;16-10-7-6-9-12(14-15-13-9)11(10)8-4-2-1-3-5-8/h1-8,14-15H;1-7,16H,(H,13,14,15). The first-order valence-electron chi connectivity index (χ1n) is 9.74. The summed E-state index contributed by atoms with van der Waals surface area (Å²) in [5.74, 6) is -0.332. The second-order valence-corrected chi connectivity index (χ2v) is 6.91. The highest BCUT2D eigenvalue weighted by molar-refractivity contribution is 6.10. The minimum atomic E-state index is -0.266. The van der Waals surface area contributed by atoms with Gasteiger partial charge in [-0.25, -0.2) is 0 Å². The van der Waals surface area contributed by atoms with Gasteiger partial charge in [0.15, 0.2) is 5.78 Å². The lowest BCUT2D eigenvalue weighted by atomic mass is 10.0. The molecule has 0 amide bonds. The predicted octanol–water partition coefficient (Wildman–Crippen LogP) is 4.66. The third kappa shape index (κ3) is 4.27. The number of rotatable bonds is 3. The maximum atomic E-state index is 11.9. The number of aromatic nitrogens is 3. The Balaban J connectivity index is 0.000000153. The van der Waals surface area contributed by atoms with Crippen molar-refractivity contribution in [2.75, 3.05) is 0 Å². The molecule has 0 aliphatic carbocycles. The molecular weight excluding hydrogens is 406 g/mol. The van der Waals surface area contributed by atoms with Crippen LogP contribution in [0.25, 0.3) is 22.2 Å². The lowest BCUT2D eigenvalue weighted by Gasteiger charge is -2.04. The van der Waals surface area contributed by atoms with E-state index in [-0.39, 0.29) is 28.6 Å². The van der Waals surface area contributed by atoms with E-state index in [0.717, 1.165) is 17.1 Å². The van der Waals surface area contributed by atoms with Gasteiger partial charge in [-0.15, -0.1) is 0 Å². The van der Waals surface area contributed by atoms with Crippen molar-refractivity contribution in [1.29, 1.82) is 0 Å². The number of benzene rings is 4. The van der Waals surface area contributed by atoms with Gasteiger partial charge in [0.1, 0.15) is 28.3 Å². The zero-order valence-corrected chi connectivity index (χ0v) is 16.8. The van der Waals surface area contributed by atoms with Crippen LogP contribution in [0.2, 0.25) is 0 Å². The molecule has 0 saturated heterocycles. The van der Waals surface area contributed by atoms with E-state index in [1.54, 1.807) is 36.4 Å². The Hall–Kier alpha value is -4.65. The number of hydrogen-bond donors (Lipinski definition) is 4. The predicted molar refractivity (Wildman–Crippen MR) is 121 cm³/mol. The number of carbonyl (C=O) groups excluding carboxylic acids is 1. The van der Waals surface area contributed by atoms with Crippen LogP contribution in [0.15, 0.2) is 91.0 Å². The SMILES string of the molecule is O=C(c1ccccc1)c1ccc(O)cc1O.Oc1ccc2n[nH]nc2c1-c1ccccc1. The van der Waals surface area contributed by atoms with Gasteiger partial charge >= 0.3 is 0 Å². The second kappa shape index (κ2) is 9.01. The first-order valence-corrected chi connectivity index (χ1v) is 9.74. The molecule has 0 fully saturated rings. The summed E-state index contributed by atoms with van der Waals surface area (Å²) in [5, 5.41) is 39.2. The monoisotopic (exact) mass is 425 g/mol. The van der Waals surface area contributed by atoms with Crippen LogP contribution < -0.4 is 0 Å². The molecule has 5 rings (SSSR count). The highest BCUT2D eigenvalue weighted by atomic mass is 16.3. The molecule has 7 heteroatoms. The normalized spacial score (nSPS) is 10.4. The summed E-state index contributed by atoms with van der Waals surface area (Å²) in [7, 11) is 0. The molecule has 0 saturated carbocycles. The van der Waals surface area contributed by atoms with E-state index in [2.05, 4.69) is 15.4 Å². The molecule has 0 atom stereocenters. The molecular formula is C25H19N3O4. The molecule has 5 aromatic rings. The molecule has 1 heterocycles. The minimum absolute atomic E-state index is 0.0675. The minimum Gasteiger partial charge on any atom is -0.508 e. The van der Waals surface area contributed by atoms with Gasteiger partial charge in [0.25, 0.3) is 0 Å². The first-order chi connectivity index (χ1) is 15.5. The average Bonchev–Trinajstić information content (AvgIpc) is 3.29. The van der Waals surface area contributed by atoms with Gasteiger partial charge < -0.3 is 15.3 Å². The molecule has 4 aromatic carbocycles. The molecule has 7 nitrogen and oxygen atoms in total. The number of aromatic amines is 1. The van der Waals surface area contributed by atoms with Crippen LogP contribution in [0.1, 0.15) is 15.9 Å². The summed E-state index contributed by atoms with van der Waals surface area (Å²) >= 11 is 0. The van der Waals surface area contributed by atoms with Crippen LogP contribution in [0, 0.1) is 0 Å². The summed E-state index contributed by atoms with van der Waals surface area (Å²) in [4.78, 5) is 11.9. The largest absolute Gasteiger partial charge is 0.508 e. The van der Waals surface area contributed by atoms with Crippen LogP contribution in [0.3, 0.4) is 0 Å². The number of carbonyl (C=O) groups is 1. The summed E-state index contributed by atoms with van der Waals surface area (Å²) in [6.45, 7) is 0. The van der Waals surface area contributed by atoms with Crippen LogP contribution in [0.5, 0.6) is 17.2 Å². The maximum Gasteiger partial charge on any atom is 0.196 e. The quantitative estimate of drug-likeness (QED) is 0.312. The molecule has 0 unspecified atom stereocenters. The van der Waals surface area contributed by atoms with Crippen molar-refractivity contribution in [2.24, 2.45) is 0 Å². The molecule has 0 aliphatic heterocycles. The van der Waals surface area contributed by atoms with Gasteiger partial charge in [0, 0.05) is 11.6 Å². The fraction of sp³-hybridized carbons (Fsp3) is 0. The van der Waals surface area contributed by atoms with Crippen LogP contribution in [-0.4, -0.2) is 36.5 Å². The summed E-state index contributed by atoms with van der Waals surface area (Å²) in [5.41, 5.74) is 3.77. The van der Waals surface area contributed by atoms with Crippen LogP contribution in [-0.2, 0) is 0 Å². The molecule has 158 valence electrons. The molecule has 32 heavy (non-hydrogen) atoms. The van der Waals surface area contributed by atoms with Crippen LogP contribution >= 0.6 is 0 Å². The van der Waals surface area contributed by atoms with Gasteiger partial charge in [-0.1, -0.05) is 60.7 Å². The molecule has 0 spiro atoms. The molecule has 0 bridgehead atoms. The first kappa shape index (κ1) is 20.6. The number of nitrogens with zero attached hydrogens (tertiary/aromatic N) is 2. The Bertz CT molecular complexity index is 1370. The highest BCUT2D eigenvalue weighted by Crippen LogP contribution is 2.34. The average molecular weight is 425 g/mol. The van der Waals surface area contributed by atoms with Gasteiger partial charge in [0.2, 0.25) is 0 Å². The van der Waals surface area contributed by atoms with Crippen molar-refractivity contribution in [2.45, 2.75) is 0 Å². The Morgan fingerprint density at radius 2 is 1.41 bits per heavy atom. The van der Waals surface area contributed by atoms with Gasteiger partial charge in [-0.2, -0.15) is 15.4 Å². The Morgan fingerprint density at radius 1 is 0.719 bits per heavy atom. The van der Waals surface area contributed by atoms with Gasteiger partial charge in [-0.3, -0.25) is 4.79 Å². The fourth-order valence-electron chi connectivity index (χ4n) is 3.25. The topological polar surface area (TPSA) is 119 Å². The number of aromatic hydroxyl groups is 3. The van der Waals surface area contributed by atoms with E-state index >= 15 is 0 Å². The van der Waals surface area contributed by atoms with Crippen molar-refractivity contribution in [3.8, 4) is 28.4 Å². The van der Waals surface area contributed by atoms with Crippen LogP contribution in [0.4, 0.5) is 0 Å². The van der Waals surface area contributed by atoms with E-state index < -0.39 is 0 Å². The lowest BCUT2D eigenvalue weighted by molar-refractivity contribution is 0.103. The van der Waals surface area contributed by atoms with Gasteiger partial charge in [0.05, 0.1) is 11.1 Å². The molecule has 0 radical (unpaired) electrons. The molecule has 1 aromatic heterocycles. The third-order valence-electron chi connectivity index (χ3n) is 4.79. The summed E-state index contributed by atoms with van der Waals surface area (Å²) < 4.78 is 0. The Kier molecular flexibility index (Phi) is 5.81. The summed E-state index contributed by atoms with van der Waals surface area (Å²) in [6.07, 6.45) is 0. The van der Waals surface area contributed by atoms with Gasteiger partial charge in [-0.05, 0) is 29.8 Å². The smallest absolute Gasteiger partial charge is 0.196 e. The number of nitrogens with one attached hydrogen (secondary N) is 1. The highest BCUT2D eigenvalue weighted by Gasteiger charge is 2.13.